The molecule has 0 spiro atoms. The van der Waals surface area contributed by atoms with Crippen LogP contribution < -0.4 is 0 Å². The number of hydrogen-bond acceptors (Lipinski definition) is 3. The number of amides is 1. The molecule has 1 fully saturated rings. The summed E-state index contributed by atoms with van der Waals surface area (Å²) in [5.41, 5.74) is 1.40. The van der Waals surface area contributed by atoms with Gasteiger partial charge in [-0.3, -0.25) is 4.79 Å². The van der Waals surface area contributed by atoms with Gasteiger partial charge in [-0.15, -0.1) is 11.3 Å². The summed E-state index contributed by atoms with van der Waals surface area (Å²) in [6.07, 6.45) is 2.08. The van der Waals surface area contributed by atoms with E-state index in [1.165, 1.54) is 4.88 Å². The van der Waals surface area contributed by atoms with Gasteiger partial charge in [-0.05, 0) is 43.3 Å². The van der Waals surface area contributed by atoms with Crippen LogP contribution in [-0.2, 0) is 0 Å². The van der Waals surface area contributed by atoms with Crippen LogP contribution in [-0.4, -0.2) is 22.3 Å². The summed E-state index contributed by atoms with van der Waals surface area (Å²) < 4.78 is 0. The van der Waals surface area contributed by atoms with E-state index in [9.17, 15) is 4.79 Å². The highest BCUT2D eigenvalue weighted by molar-refractivity contribution is 7.10. The second-order valence-electron chi connectivity index (χ2n) is 4.99. The van der Waals surface area contributed by atoms with Crippen LogP contribution in [0.2, 0.25) is 5.15 Å². The second-order valence-corrected chi connectivity index (χ2v) is 6.36. The average Bonchev–Trinajstić information content (AvgIpc) is 3.07. The Labute approximate surface area is 127 Å². The predicted octanol–water partition coefficient (Wildman–Crippen LogP) is 4.08. The zero-order chi connectivity index (χ0) is 14.1. The van der Waals surface area contributed by atoms with Gasteiger partial charge in [0, 0.05) is 22.7 Å². The van der Waals surface area contributed by atoms with E-state index in [0.29, 0.717) is 10.7 Å². The Morgan fingerprint density at radius 3 is 3.05 bits per heavy atom. The number of hydrogen-bond donors (Lipinski definition) is 0. The number of pyridine rings is 1. The molecular weight excluding hydrogens is 292 g/mol. The fourth-order valence-corrected chi connectivity index (χ4v) is 3.83. The maximum Gasteiger partial charge on any atom is 0.254 e. The van der Waals surface area contributed by atoms with E-state index >= 15 is 0 Å². The smallest absolute Gasteiger partial charge is 0.254 e. The zero-order valence-corrected chi connectivity index (χ0v) is 12.7. The first kappa shape index (κ1) is 13.6. The van der Waals surface area contributed by atoms with Crippen molar-refractivity contribution >= 4 is 28.8 Å². The van der Waals surface area contributed by atoms with Crippen molar-refractivity contribution in [3.05, 3.63) is 50.9 Å². The van der Waals surface area contributed by atoms with Gasteiger partial charge in [0.25, 0.3) is 5.91 Å². The Hall–Kier alpha value is -1.39. The third-order valence-corrected chi connectivity index (χ3v) is 4.72. The van der Waals surface area contributed by atoms with Crippen molar-refractivity contribution in [2.45, 2.75) is 25.8 Å². The van der Waals surface area contributed by atoms with Crippen LogP contribution in [0.3, 0.4) is 0 Å². The van der Waals surface area contributed by atoms with Crippen molar-refractivity contribution in [3.8, 4) is 0 Å². The van der Waals surface area contributed by atoms with E-state index in [4.69, 9.17) is 11.6 Å². The summed E-state index contributed by atoms with van der Waals surface area (Å²) in [5.74, 6) is 0.0494. The number of rotatable bonds is 2. The molecule has 0 aliphatic carbocycles. The van der Waals surface area contributed by atoms with Crippen molar-refractivity contribution in [1.82, 2.24) is 9.88 Å². The van der Waals surface area contributed by atoms with Gasteiger partial charge < -0.3 is 4.90 Å². The lowest BCUT2D eigenvalue weighted by Gasteiger charge is -2.24. The van der Waals surface area contributed by atoms with E-state index in [1.54, 1.807) is 23.5 Å². The van der Waals surface area contributed by atoms with Crippen molar-refractivity contribution in [2.75, 3.05) is 6.54 Å². The maximum atomic E-state index is 12.7. The molecule has 2 aromatic rings. The standard InChI is InChI=1S/C15H15ClN2OS/c1-10-8-11(9-14(16)17-10)15(19)18-6-2-4-12(18)13-5-3-7-20-13/h3,5,7-9,12H,2,4,6H2,1H3. The van der Waals surface area contributed by atoms with E-state index in [2.05, 4.69) is 16.4 Å². The number of likely N-dealkylation sites (tertiary alicyclic amines) is 1. The number of aromatic nitrogens is 1. The fourth-order valence-electron chi connectivity index (χ4n) is 2.70. The van der Waals surface area contributed by atoms with Gasteiger partial charge in [0.15, 0.2) is 0 Å². The van der Waals surface area contributed by atoms with Crippen LogP contribution in [0.15, 0.2) is 29.6 Å². The van der Waals surface area contributed by atoms with Crippen LogP contribution in [0.5, 0.6) is 0 Å². The van der Waals surface area contributed by atoms with Crippen LogP contribution in [0, 0.1) is 6.92 Å². The molecule has 20 heavy (non-hydrogen) atoms. The van der Waals surface area contributed by atoms with Gasteiger partial charge >= 0.3 is 0 Å². The Morgan fingerprint density at radius 1 is 1.50 bits per heavy atom. The minimum Gasteiger partial charge on any atom is -0.331 e. The molecule has 1 amide bonds. The fraction of sp³-hybridized carbons (Fsp3) is 0.333. The van der Waals surface area contributed by atoms with Gasteiger partial charge in [-0.2, -0.15) is 0 Å². The minimum atomic E-state index is 0.0494. The molecule has 1 unspecified atom stereocenters. The number of nitrogens with zero attached hydrogens (tertiary/aromatic N) is 2. The quantitative estimate of drug-likeness (QED) is 0.783. The third kappa shape index (κ3) is 2.58. The lowest BCUT2D eigenvalue weighted by atomic mass is 10.1. The van der Waals surface area contributed by atoms with E-state index in [-0.39, 0.29) is 11.9 Å². The van der Waals surface area contributed by atoms with E-state index in [0.717, 1.165) is 25.1 Å². The summed E-state index contributed by atoms with van der Waals surface area (Å²) in [6.45, 7) is 2.66. The summed E-state index contributed by atoms with van der Waals surface area (Å²) in [4.78, 5) is 20.0. The Bertz CT molecular complexity index is 607. The minimum absolute atomic E-state index is 0.0494. The summed E-state index contributed by atoms with van der Waals surface area (Å²) in [5, 5.41) is 2.43. The maximum absolute atomic E-state index is 12.7. The summed E-state index contributed by atoms with van der Waals surface area (Å²) >= 11 is 7.67. The van der Waals surface area contributed by atoms with E-state index in [1.807, 2.05) is 17.9 Å². The monoisotopic (exact) mass is 306 g/mol. The van der Waals surface area contributed by atoms with Crippen LogP contribution in [0.4, 0.5) is 0 Å². The molecule has 3 rings (SSSR count). The lowest BCUT2D eigenvalue weighted by molar-refractivity contribution is 0.0737. The van der Waals surface area contributed by atoms with Crippen molar-refractivity contribution in [1.29, 1.82) is 0 Å². The number of carbonyl (C=O) groups is 1. The number of aryl methyl sites for hydroxylation is 1. The first-order valence-electron chi connectivity index (χ1n) is 6.64. The molecular formula is C15H15ClN2OS. The molecule has 0 saturated carbocycles. The molecule has 0 aromatic carbocycles. The number of halogens is 1. The molecule has 1 aliphatic heterocycles. The summed E-state index contributed by atoms with van der Waals surface area (Å²) in [7, 11) is 0. The molecule has 1 aliphatic rings. The average molecular weight is 307 g/mol. The normalized spacial score (nSPS) is 18.5. The Balaban J connectivity index is 1.89. The lowest BCUT2D eigenvalue weighted by Crippen LogP contribution is -2.30. The van der Waals surface area contributed by atoms with E-state index < -0.39 is 0 Å². The SMILES string of the molecule is Cc1cc(C(=O)N2CCCC2c2cccs2)cc(Cl)n1. The second kappa shape index (κ2) is 5.54. The molecule has 1 saturated heterocycles. The van der Waals surface area contributed by atoms with Crippen molar-refractivity contribution in [2.24, 2.45) is 0 Å². The first-order valence-corrected chi connectivity index (χ1v) is 7.89. The highest BCUT2D eigenvalue weighted by Gasteiger charge is 2.31. The largest absolute Gasteiger partial charge is 0.331 e. The molecule has 1 atom stereocenters. The molecule has 0 bridgehead atoms. The van der Waals surface area contributed by atoms with Gasteiger partial charge in [-0.25, -0.2) is 4.98 Å². The van der Waals surface area contributed by atoms with Gasteiger partial charge in [0.05, 0.1) is 6.04 Å². The van der Waals surface area contributed by atoms with Crippen LogP contribution in [0.25, 0.3) is 0 Å². The van der Waals surface area contributed by atoms with Crippen molar-refractivity contribution < 1.29 is 4.79 Å². The zero-order valence-electron chi connectivity index (χ0n) is 11.2. The molecule has 2 aromatic heterocycles. The Kier molecular flexibility index (Phi) is 3.76. The van der Waals surface area contributed by atoms with Crippen LogP contribution >= 0.6 is 22.9 Å². The topological polar surface area (TPSA) is 33.2 Å². The van der Waals surface area contributed by atoms with Crippen molar-refractivity contribution in [3.63, 3.8) is 0 Å². The molecule has 0 N–H and O–H groups in total. The van der Waals surface area contributed by atoms with Gasteiger partial charge in [0.1, 0.15) is 5.15 Å². The first-order chi connectivity index (χ1) is 9.65. The highest BCUT2D eigenvalue weighted by Crippen LogP contribution is 2.35. The molecule has 3 nitrogen and oxygen atoms in total. The number of carbonyl (C=O) groups excluding carboxylic acids is 1. The molecule has 5 heteroatoms. The number of thiophene rings is 1. The third-order valence-electron chi connectivity index (χ3n) is 3.55. The van der Waals surface area contributed by atoms with Crippen LogP contribution in [0.1, 0.15) is 39.8 Å². The molecule has 0 radical (unpaired) electrons. The Morgan fingerprint density at radius 2 is 2.35 bits per heavy atom. The van der Waals surface area contributed by atoms with Gasteiger partial charge in [-0.1, -0.05) is 17.7 Å². The predicted molar refractivity (Wildman–Crippen MR) is 81.3 cm³/mol. The van der Waals surface area contributed by atoms with Gasteiger partial charge in [0.2, 0.25) is 0 Å². The summed E-state index contributed by atoms with van der Waals surface area (Å²) in [6, 6.07) is 7.80. The highest BCUT2D eigenvalue weighted by atomic mass is 35.5. The molecule has 3 heterocycles. The molecule has 104 valence electrons.